The molecule has 0 aliphatic heterocycles. The van der Waals surface area contributed by atoms with Crippen LogP contribution in [0.2, 0.25) is 0 Å². The first-order valence-electron chi connectivity index (χ1n) is 8.97. The first-order chi connectivity index (χ1) is 11.4. The number of carbonyl (C=O) groups excluding carboxylic acids is 1. The number of nitrogens with zero attached hydrogens (tertiary/aromatic N) is 1. The van der Waals surface area contributed by atoms with Crippen LogP contribution in [-0.4, -0.2) is 58.4 Å². The molecule has 0 radical (unpaired) electrons. The van der Waals surface area contributed by atoms with Crippen LogP contribution in [0, 0.1) is 0 Å². The Morgan fingerprint density at radius 3 is 2.00 bits per heavy atom. The smallest absolute Gasteiger partial charge is 0.544 e. The second-order valence-electron chi connectivity index (χ2n) is 6.18. The van der Waals surface area contributed by atoms with E-state index in [1.807, 2.05) is 6.08 Å². The Balaban J connectivity index is 0. The van der Waals surface area contributed by atoms with E-state index in [1.54, 1.807) is 13.8 Å². The fraction of sp³-hybridized carbons (Fsp3) is 0.778. The molecule has 0 fully saturated rings. The van der Waals surface area contributed by atoms with Crippen LogP contribution in [0.4, 0.5) is 0 Å². The van der Waals surface area contributed by atoms with E-state index in [1.165, 1.54) is 0 Å². The van der Waals surface area contributed by atoms with E-state index in [-0.39, 0.29) is 53.6 Å². The van der Waals surface area contributed by atoms with Crippen LogP contribution in [0.3, 0.4) is 0 Å². The topological polar surface area (TPSA) is 97.7 Å². The molecule has 0 amide bonds. The number of aliphatic carboxylic acids is 2. The van der Waals surface area contributed by atoms with E-state index in [0.717, 1.165) is 19.3 Å². The SMILES string of the molecule is CCCC/C=C/CC[N+](CCO)(C(CC)C(=O)[O-])C(CC)C(=O)O.[Na+]. The summed E-state index contributed by atoms with van der Waals surface area (Å²) in [6, 6.07) is -1.81. The van der Waals surface area contributed by atoms with Crippen LogP contribution >= 0.6 is 0 Å². The maximum atomic E-state index is 11.7. The average Bonchev–Trinajstić information content (AvgIpc) is 2.51. The van der Waals surface area contributed by atoms with Gasteiger partial charge in [0.1, 0.15) is 12.6 Å². The van der Waals surface area contributed by atoms with E-state index in [4.69, 9.17) is 0 Å². The van der Waals surface area contributed by atoms with Gasteiger partial charge in [0.2, 0.25) is 0 Å². The van der Waals surface area contributed by atoms with Gasteiger partial charge in [-0.2, -0.15) is 0 Å². The quantitative estimate of drug-likeness (QED) is 0.166. The van der Waals surface area contributed by atoms with Crippen LogP contribution in [-0.2, 0) is 9.59 Å². The molecule has 6 nitrogen and oxygen atoms in total. The molecule has 0 aliphatic carbocycles. The number of carboxylic acid groups (broad SMARTS) is 2. The summed E-state index contributed by atoms with van der Waals surface area (Å²) < 4.78 is -0.167. The Hall–Kier alpha value is -0.400. The fourth-order valence-electron chi connectivity index (χ4n) is 3.51. The second-order valence-corrected chi connectivity index (χ2v) is 6.18. The molecule has 0 saturated carbocycles. The van der Waals surface area contributed by atoms with Gasteiger partial charge >= 0.3 is 35.5 Å². The maximum Gasteiger partial charge on any atom is 1.00 e. The van der Waals surface area contributed by atoms with Crippen LogP contribution < -0.4 is 34.7 Å². The summed E-state index contributed by atoms with van der Waals surface area (Å²) >= 11 is 0. The number of allylic oxidation sites excluding steroid dienone is 1. The van der Waals surface area contributed by atoms with Crippen molar-refractivity contribution in [3.63, 3.8) is 0 Å². The van der Waals surface area contributed by atoms with Crippen molar-refractivity contribution in [3.8, 4) is 0 Å². The van der Waals surface area contributed by atoms with Crippen molar-refractivity contribution < 1.29 is 58.9 Å². The molecule has 0 aromatic heterocycles. The Labute approximate surface area is 173 Å². The van der Waals surface area contributed by atoms with Crippen LogP contribution in [0.15, 0.2) is 12.2 Å². The van der Waals surface area contributed by atoms with Crippen molar-refractivity contribution in [3.05, 3.63) is 12.2 Å². The molecule has 0 heterocycles. The summed E-state index contributed by atoms with van der Waals surface area (Å²) in [5.41, 5.74) is 0. The van der Waals surface area contributed by atoms with Gasteiger partial charge in [-0.05, 0) is 6.42 Å². The molecule has 0 spiro atoms. The summed E-state index contributed by atoms with van der Waals surface area (Å²) in [6.45, 7) is 5.77. The van der Waals surface area contributed by atoms with E-state index >= 15 is 0 Å². The zero-order chi connectivity index (χ0) is 18.6. The number of hydrogen-bond donors (Lipinski definition) is 2. The molecule has 3 atom stereocenters. The Morgan fingerprint density at radius 1 is 1.04 bits per heavy atom. The van der Waals surface area contributed by atoms with Gasteiger partial charge in [-0.1, -0.05) is 45.8 Å². The summed E-state index contributed by atoms with van der Waals surface area (Å²) in [4.78, 5) is 23.4. The largest absolute Gasteiger partial charge is 1.00 e. The molecular formula is C18H33NNaO5+. The molecule has 0 aromatic carbocycles. The molecule has 0 bridgehead atoms. The summed E-state index contributed by atoms with van der Waals surface area (Å²) in [7, 11) is 0. The number of quaternary nitrogens is 1. The van der Waals surface area contributed by atoms with Crippen molar-refractivity contribution in [2.24, 2.45) is 0 Å². The van der Waals surface area contributed by atoms with Gasteiger partial charge < -0.3 is 24.6 Å². The first kappa shape index (κ1) is 26.8. The third-order valence-electron chi connectivity index (χ3n) is 4.69. The fourth-order valence-corrected chi connectivity index (χ4v) is 3.51. The molecule has 0 rings (SSSR count). The molecule has 2 N–H and O–H groups in total. The standard InChI is InChI=1S/C18H33NO5.Na/c1-4-7-8-9-10-11-12-19(13-14-20,15(5-2)17(21)22)16(6-3)18(23)24;/h9-10,15-16,20H,4-8,11-14H2,1-3H3,(H-,21,22,23,24);/q;+1/b10-9+;. The van der Waals surface area contributed by atoms with Crippen molar-refractivity contribution in [2.75, 3.05) is 19.7 Å². The van der Waals surface area contributed by atoms with Crippen LogP contribution in [0.25, 0.3) is 0 Å². The zero-order valence-corrected chi connectivity index (χ0v) is 18.2. The molecule has 0 aliphatic rings. The van der Waals surface area contributed by atoms with E-state index in [9.17, 15) is 24.9 Å². The number of hydrogen-bond acceptors (Lipinski definition) is 4. The van der Waals surface area contributed by atoms with E-state index < -0.39 is 24.0 Å². The molecule has 25 heavy (non-hydrogen) atoms. The van der Waals surface area contributed by atoms with Crippen molar-refractivity contribution in [1.29, 1.82) is 0 Å². The second kappa shape index (κ2) is 14.7. The number of unbranched alkanes of at least 4 members (excludes halogenated alkanes) is 2. The summed E-state index contributed by atoms with van der Waals surface area (Å²) in [5.74, 6) is -2.28. The summed E-state index contributed by atoms with van der Waals surface area (Å²) in [5, 5.41) is 30.7. The Bertz CT molecular complexity index is 392. The number of rotatable bonds is 14. The van der Waals surface area contributed by atoms with Crippen molar-refractivity contribution in [1.82, 2.24) is 0 Å². The van der Waals surface area contributed by atoms with Gasteiger partial charge in [0.25, 0.3) is 0 Å². The molecule has 140 valence electrons. The van der Waals surface area contributed by atoms with E-state index in [2.05, 4.69) is 13.0 Å². The Morgan fingerprint density at radius 2 is 1.60 bits per heavy atom. The third kappa shape index (κ3) is 8.22. The summed E-state index contributed by atoms with van der Waals surface area (Å²) in [6.07, 6.45) is 8.35. The van der Waals surface area contributed by atoms with E-state index in [0.29, 0.717) is 19.4 Å². The normalized spacial score (nSPS) is 16.0. The van der Waals surface area contributed by atoms with Gasteiger partial charge in [-0.15, -0.1) is 0 Å². The predicted molar refractivity (Wildman–Crippen MR) is 91.2 cm³/mol. The molecule has 7 heteroatoms. The maximum absolute atomic E-state index is 11.7. The van der Waals surface area contributed by atoms with Crippen molar-refractivity contribution >= 4 is 11.9 Å². The van der Waals surface area contributed by atoms with Gasteiger partial charge in [-0.3, -0.25) is 0 Å². The number of carbonyl (C=O) groups is 2. The predicted octanol–water partition coefficient (Wildman–Crippen LogP) is -1.67. The average molecular weight is 366 g/mol. The minimum absolute atomic E-state index is 0. The molecule has 3 unspecified atom stereocenters. The number of aliphatic hydroxyl groups excluding tert-OH is 1. The third-order valence-corrected chi connectivity index (χ3v) is 4.69. The van der Waals surface area contributed by atoms with Gasteiger partial charge in [0.15, 0.2) is 6.04 Å². The molecule has 0 aromatic rings. The zero-order valence-electron chi connectivity index (χ0n) is 16.2. The minimum atomic E-state index is -1.25. The first-order valence-corrected chi connectivity index (χ1v) is 8.97. The molecular weight excluding hydrogens is 333 g/mol. The van der Waals surface area contributed by atoms with Gasteiger partial charge in [0, 0.05) is 19.3 Å². The van der Waals surface area contributed by atoms with Gasteiger partial charge in [0.05, 0.1) is 19.1 Å². The van der Waals surface area contributed by atoms with Crippen LogP contribution in [0.5, 0.6) is 0 Å². The number of carboxylic acids is 2. The van der Waals surface area contributed by atoms with Gasteiger partial charge in [-0.25, -0.2) is 4.79 Å². The molecule has 0 saturated heterocycles. The van der Waals surface area contributed by atoms with Crippen LogP contribution in [0.1, 0.15) is 59.3 Å². The Kier molecular flexibility index (Phi) is 15.8. The van der Waals surface area contributed by atoms with Crippen molar-refractivity contribution in [2.45, 2.75) is 71.4 Å². The minimum Gasteiger partial charge on any atom is -0.544 e. The monoisotopic (exact) mass is 366 g/mol. The number of aliphatic hydroxyl groups is 1.